The van der Waals surface area contributed by atoms with Gasteiger partial charge < -0.3 is 14.2 Å². The second-order valence-electron chi connectivity index (χ2n) is 3.87. The highest BCUT2D eigenvalue weighted by molar-refractivity contribution is 5.74. The van der Waals surface area contributed by atoms with Crippen molar-refractivity contribution in [3.63, 3.8) is 0 Å². The largest absolute Gasteiger partial charge is 0.573 e. The standard InChI is InChI=1S/C12H12F5NO4/c1-3-21-8(19)5-6-4-7(10(13)14)18-11(20-2)9(6)22-12(15,16)17/h4,10H,3,5H2,1-2H3. The average Bonchev–Trinajstić information content (AvgIpc) is 2.38. The van der Waals surface area contributed by atoms with Crippen LogP contribution in [0.3, 0.4) is 0 Å². The molecule has 1 aromatic heterocycles. The molecule has 0 aliphatic carbocycles. The quantitative estimate of drug-likeness (QED) is 0.593. The van der Waals surface area contributed by atoms with E-state index in [1.807, 2.05) is 0 Å². The van der Waals surface area contributed by atoms with Gasteiger partial charge in [0.25, 0.3) is 12.3 Å². The number of alkyl halides is 5. The molecule has 0 bridgehead atoms. The molecule has 1 aromatic rings. The fourth-order valence-corrected chi connectivity index (χ4v) is 1.56. The van der Waals surface area contributed by atoms with Crippen LogP contribution >= 0.6 is 0 Å². The Morgan fingerprint density at radius 3 is 2.45 bits per heavy atom. The van der Waals surface area contributed by atoms with Crippen molar-refractivity contribution in [3.8, 4) is 11.6 Å². The van der Waals surface area contributed by atoms with Gasteiger partial charge in [-0.25, -0.2) is 13.8 Å². The molecule has 0 N–H and O–H groups in total. The summed E-state index contributed by atoms with van der Waals surface area (Å²) < 4.78 is 75.5. The molecule has 0 saturated carbocycles. The predicted octanol–water partition coefficient (Wildman–Crippen LogP) is 3.03. The van der Waals surface area contributed by atoms with Crippen molar-refractivity contribution < 1.29 is 41.0 Å². The molecule has 5 nitrogen and oxygen atoms in total. The van der Waals surface area contributed by atoms with Crippen LogP contribution in [0, 0.1) is 0 Å². The molecule has 0 aliphatic rings. The van der Waals surface area contributed by atoms with Crippen molar-refractivity contribution >= 4 is 5.97 Å². The third-order valence-corrected chi connectivity index (χ3v) is 2.31. The molecule has 10 heteroatoms. The van der Waals surface area contributed by atoms with Gasteiger partial charge in [-0.05, 0) is 13.0 Å². The van der Waals surface area contributed by atoms with E-state index in [4.69, 9.17) is 0 Å². The first-order valence-corrected chi connectivity index (χ1v) is 5.95. The third-order valence-electron chi connectivity index (χ3n) is 2.31. The van der Waals surface area contributed by atoms with Crippen LogP contribution in [0.1, 0.15) is 24.6 Å². The van der Waals surface area contributed by atoms with Crippen LogP contribution in [0.25, 0.3) is 0 Å². The molecule has 1 heterocycles. The zero-order chi connectivity index (χ0) is 16.9. The van der Waals surface area contributed by atoms with Gasteiger partial charge >= 0.3 is 12.3 Å². The summed E-state index contributed by atoms with van der Waals surface area (Å²) in [5.74, 6) is -2.65. The average molecular weight is 329 g/mol. The molecule has 22 heavy (non-hydrogen) atoms. The predicted molar refractivity (Wildman–Crippen MR) is 62.8 cm³/mol. The van der Waals surface area contributed by atoms with Crippen LogP contribution in [-0.2, 0) is 16.0 Å². The van der Waals surface area contributed by atoms with E-state index in [0.29, 0.717) is 6.07 Å². The van der Waals surface area contributed by atoms with Crippen molar-refractivity contribution in [1.82, 2.24) is 4.98 Å². The number of esters is 1. The molecule has 0 atom stereocenters. The van der Waals surface area contributed by atoms with E-state index < -0.39 is 48.1 Å². The van der Waals surface area contributed by atoms with E-state index in [9.17, 15) is 26.7 Å². The zero-order valence-corrected chi connectivity index (χ0v) is 11.5. The van der Waals surface area contributed by atoms with Crippen LogP contribution in [0.2, 0.25) is 0 Å². The Bertz CT molecular complexity index is 533. The van der Waals surface area contributed by atoms with Crippen LogP contribution in [0.5, 0.6) is 11.6 Å². The van der Waals surface area contributed by atoms with E-state index in [0.717, 1.165) is 7.11 Å². The van der Waals surface area contributed by atoms with Crippen LogP contribution in [-0.4, -0.2) is 31.0 Å². The molecule has 0 amide bonds. The number of aromatic nitrogens is 1. The Balaban J connectivity index is 3.32. The summed E-state index contributed by atoms with van der Waals surface area (Å²) >= 11 is 0. The van der Waals surface area contributed by atoms with Crippen LogP contribution in [0.15, 0.2) is 6.07 Å². The fraction of sp³-hybridized carbons (Fsp3) is 0.500. The maximum atomic E-state index is 12.7. The number of ether oxygens (including phenoxy) is 3. The first kappa shape index (κ1) is 17.9. The first-order valence-electron chi connectivity index (χ1n) is 5.95. The SMILES string of the molecule is CCOC(=O)Cc1cc(C(F)F)nc(OC)c1OC(F)(F)F. The normalized spacial score (nSPS) is 11.5. The Morgan fingerprint density at radius 2 is 2.00 bits per heavy atom. The number of hydrogen-bond donors (Lipinski definition) is 0. The van der Waals surface area contributed by atoms with Crippen LogP contribution < -0.4 is 9.47 Å². The number of hydrogen-bond acceptors (Lipinski definition) is 5. The summed E-state index contributed by atoms with van der Waals surface area (Å²) in [6, 6.07) is 0.644. The highest BCUT2D eigenvalue weighted by atomic mass is 19.4. The van der Waals surface area contributed by atoms with E-state index in [1.54, 1.807) is 0 Å². The first-order chi connectivity index (χ1) is 10.2. The number of rotatable bonds is 6. The number of pyridine rings is 1. The van der Waals surface area contributed by atoms with Gasteiger partial charge in [-0.2, -0.15) is 0 Å². The van der Waals surface area contributed by atoms with Crippen molar-refractivity contribution in [2.45, 2.75) is 26.1 Å². The van der Waals surface area contributed by atoms with Gasteiger partial charge in [-0.15, -0.1) is 13.2 Å². The lowest BCUT2D eigenvalue weighted by Gasteiger charge is -2.16. The topological polar surface area (TPSA) is 57.7 Å². The van der Waals surface area contributed by atoms with E-state index in [1.165, 1.54) is 6.92 Å². The van der Waals surface area contributed by atoms with Crippen molar-refractivity contribution in [1.29, 1.82) is 0 Å². The van der Waals surface area contributed by atoms with Crippen molar-refractivity contribution in [3.05, 3.63) is 17.3 Å². The Hall–Kier alpha value is -2.13. The van der Waals surface area contributed by atoms with Gasteiger partial charge in [0.2, 0.25) is 0 Å². The molecule has 124 valence electrons. The number of methoxy groups -OCH3 is 1. The number of nitrogens with zero attached hydrogens (tertiary/aromatic N) is 1. The minimum atomic E-state index is -5.11. The molecule has 0 aromatic carbocycles. The lowest BCUT2D eigenvalue weighted by Crippen LogP contribution is -2.20. The van der Waals surface area contributed by atoms with Crippen LogP contribution in [0.4, 0.5) is 22.0 Å². The maximum Gasteiger partial charge on any atom is 0.573 e. The maximum absolute atomic E-state index is 12.7. The van der Waals surface area contributed by atoms with Gasteiger partial charge in [0.15, 0.2) is 5.75 Å². The van der Waals surface area contributed by atoms with Crippen molar-refractivity contribution in [2.75, 3.05) is 13.7 Å². The van der Waals surface area contributed by atoms with E-state index in [2.05, 4.69) is 19.2 Å². The summed E-state index contributed by atoms with van der Waals surface area (Å²) in [6.07, 6.45) is -8.86. The van der Waals surface area contributed by atoms with E-state index in [-0.39, 0.29) is 6.61 Å². The number of carbonyl (C=O) groups is 1. The molecule has 0 fully saturated rings. The van der Waals surface area contributed by atoms with Gasteiger partial charge in [0.1, 0.15) is 5.69 Å². The number of halogens is 5. The van der Waals surface area contributed by atoms with Crippen molar-refractivity contribution in [2.24, 2.45) is 0 Å². The highest BCUT2D eigenvalue weighted by Gasteiger charge is 2.35. The molecule has 0 saturated heterocycles. The summed E-state index contributed by atoms with van der Waals surface area (Å²) in [5.41, 5.74) is -1.30. The molecule has 0 spiro atoms. The molecule has 0 radical (unpaired) electrons. The van der Waals surface area contributed by atoms with Gasteiger partial charge in [0.05, 0.1) is 20.1 Å². The Morgan fingerprint density at radius 1 is 1.36 bits per heavy atom. The lowest BCUT2D eigenvalue weighted by atomic mass is 10.1. The zero-order valence-electron chi connectivity index (χ0n) is 11.5. The lowest BCUT2D eigenvalue weighted by molar-refractivity contribution is -0.275. The number of carbonyl (C=O) groups excluding carboxylic acids is 1. The monoisotopic (exact) mass is 329 g/mol. The second kappa shape index (κ2) is 7.23. The summed E-state index contributed by atoms with van der Waals surface area (Å²) in [6.45, 7) is 1.47. The molecular formula is C12H12F5NO4. The van der Waals surface area contributed by atoms with E-state index >= 15 is 0 Å². The fourth-order valence-electron chi connectivity index (χ4n) is 1.56. The Labute approximate surface area is 122 Å². The highest BCUT2D eigenvalue weighted by Crippen LogP contribution is 2.36. The second-order valence-corrected chi connectivity index (χ2v) is 3.87. The molecule has 0 unspecified atom stereocenters. The third kappa shape index (κ3) is 5.01. The smallest absolute Gasteiger partial charge is 0.478 e. The van der Waals surface area contributed by atoms with Gasteiger partial charge in [0, 0.05) is 5.56 Å². The van der Waals surface area contributed by atoms with Gasteiger partial charge in [-0.3, -0.25) is 4.79 Å². The minimum Gasteiger partial charge on any atom is -0.478 e. The summed E-state index contributed by atoms with van der Waals surface area (Å²) in [5, 5.41) is 0. The Kier molecular flexibility index (Phi) is 5.89. The molecule has 1 rings (SSSR count). The molecular weight excluding hydrogens is 317 g/mol. The summed E-state index contributed by atoms with van der Waals surface area (Å²) in [4.78, 5) is 14.6. The summed E-state index contributed by atoms with van der Waals surface area (Å²) in [7, 11) is 0.939. The molecule has 0 aliphatic heterocycles. The van der Waals surface area contributed by atoms with Gasteiger partial charge in [-0.1, -0.05) is 0 Å². The minimum absolute atomic E-state index is 0.0157.